The highest BCUT2D eigenvalue weighted by Crippen LogP contribution is 2.35. The molecule has 1 unspecified atom stereocenters. The fraction of sp³-hybridized carbons (Fsp3) is 0.353. The number of benzene rings is 1. The van der Waals surface area contributed by atoms with Gasteiger partial charge in [0.2, 0.25) is 0 Å². The second-order valence-corrected chi connectivity index (χ2v) is 5.62. The lowest BCUT2D eigenvalue weighted by Gasteiger charge is -2.18. The number of nitrogens with one attached hydrogen (secondary N) is 2. The lowest BCUT2D eigenvalue weighted by Crippen LogP contribution is -2.20. The van der Waals surface area contributed by atoms with Crippen LogP contribution < -0.4 is 20.8 Å². The second kappa shape index (κ2) is 8.24. The minimum Gasteiger partial charge on any atom is -0.493 e. The predicted octanol–water partition coefficient (Wildman–Crippen LogP) is 0.579. The molecule has 0 aliphatic carbocycles. The molecule has 0 saturated heterocycles. The highest BCUT2D eigenvalue weighted by Gasteiger charge is 2.25. The van der Waals surface area contributed by atoms with Gasteiger partial charge in [-0.15, -0.1) is 0 Å². The first kappa shape index (κ1) is 19.1. The number of carbonyl (C=O) groups is 2. The lowest BCUT2D eigenvalue weighted by molar-refractivity contribution is -0.140. The van der Waals surface area contributed by atoms with Crippen LogP contribution in [0.25, 0.3) is 0 Å². The number of hydrogen-bond donors (Lipinski definition) is 3. The molecule has 0 aliphatic heterocycles. The Morgan fingerprint density at radius 2 is 1.92 bits per heavy atom. The Morgan fingerprint density at radius 1 is 1.19 bits per heavy atom. The molecule has 2 aromatic rings. The molecule has 0 spiro atoms. The number of carbonyl (C=O) groups excluding carboxylic acids is 2. The third kappa shape index (κ3) is 4.24. The largest absolute Gasteiger partial charge is 0.493 e. The maximum atomic E-state index is 12.2. The zero-order valence-electron chi connectivity index (χ0n) is 14.8. The van der Waals surface area contributed by atoms with E-state index in [1.165, 1.54) is 14.2 Å². The van der Waals surface area contributed by atoms with Crippen LogP contribution in [-0.2, 0) is 14.3 Å². The molecule has 0 fully saturated rings. The normalized spacial score (nSPS) is 11.7. The van der Waals surface area contributed by atoms with Crippen molar-refractivity contribution in [2.24, 2.45) is 5.73 Å². The maximum absolute atomic E-state index is 12.2. The van der Waals surface area contributed by atoms with Gasteiger partial charge in [-0.3, -0.25) is 19.5 Å². The van der Waals surface area contributed by atoms with Crippen LogP contribution >= 0.6 is 0 Å². The standard InChI is InChI=1S/C17H21N3O6/c1-9-16(17(23)20-19-9)11(7-15(22)25-3)10-4-5-12(13(6-10)24-2)26-8-14(18)21/h4-6,11H,7-8H2,1-3H3,(H2,18,21)(H2,19,20,23). The number of primary amides is 1. The van der Waals surface area contributed by atoms with Gasteiger partial charge in [0.05, 0.1) is 20.6 Å². The fourth-order valence-corrected chi connectivity index (χ4v) is 2.68. The molecule has 0 radical (unpaired) electrons. The molecule has 4 N–H and O–H groups in total. The number of rotatable bonds is 8. The van der Waals surface area contributed by atoms with Crippen molar-refractivity contribution in [3.05, 3.63) is 45.4 Å². The van der Waals surface area contributed by atoms with E-state index in [4.69, 9.17) is 19.9 Å². The fourth-order valence-electron chi connectivity index (χ4n) is 2.68. The molecule has 1 aromatic heterocycles. The van der Waals surface area contributed by atoms with Gasteiger partial charge < -0.3 is 25.0 Å². The van der Waals surface area contributed by atoms with Gasteiger partial charge in [0.15, 0.2) is 18.1 Å². The van der Waals surface area contributed by atoms with Gasteiger partial charge in [-0.05, 0) is 24.6 Å². The summed E-state index contributed by atoms with van der Waals surface area (Å²) in [6, 6.07) is 4.94. The van der Waals surface area contributed by atoms with Crippen LogP contribution in [0, 0.1) is 6.92 Å². The molecule has 0 bridgehead atoms. The minimum absolute atomic E-state index is 0.0249. The maximum Gasteiger partial charge on any atom is 0.306 e. The SMILES string of the molecule is COC(=O)CC(c1ccc(OCC(N)=O)c(OC)c1)c1c(C)[nH][nH]c1=O. The number of amides is 1. The van der Waals surface area contributed by atoms with Crippen LogP contribution in [-0.4, -0.2) is 42.9 Å². The van der Waals surface area contributed by atoms with Crippen LogP contribution in [0.3, 0.4) is 0 Å². The number of ether oxygens (including phenoxy) is 3. The molecule has 140 valence electrons. The Bertz CT molecular complexity index is 854. The topological polar surface area (TPSA) is 136 Å². The number of aromatic nitrogens is 2. The third-order valence-electron chi connectivity index (χ3n) is 3.92. The van der Waals surface area contributed by atoms with E-state index < -0.39 is 17.8 Å². The zero-order valence-corrected chi connectivity index (χ0v) is 14.8. The molecule has 1 atom stereocenters. The van der Waals surface area contributed by atoms with Gasteiger partial charge in [0.25, 0.3) is 11.5 Å². The number of methoxy groups -OCH3 is 2. The summed E-state index contributed by atoms with van der Waals surface area (Å²) in [6.45, 7) is 1.44. The molecule has 0 saturated carbocycles. The van der Waals surface area contributed by atoms with Crippen molar-refractivity contribution in [3.8, 4) is 11.5 Å². The molecular weight excluding hydrogens is 342 g/mol. The zero-order chi connectivity index (χ0) is 19.3. The Balaban J connectivity index is 2.46. The Kier molecular flexibility index (Phi) is 6.05. The van der Waals surface area contributed by atoms with Gasteiger partial charge in [0, 0.05) is 17.2 Å². The number of nitrogens with two attached hydrogens (primary N) is 1. The van der Waals surface area contributed by atoms with Gasteiger partial charge in [0.1, 0.15) is 0 Å². The summed E-state index contributed by atoms with van der Waals surface area (Å²) in [5.41, 5.74) is 6.48. The summed E-state index contributed by atoms with van der Waals surface area (Å²) >= 11 is 0. The number of aryl methyl sites for hydroxylation is 1. The molecule has 1 amide bonds. The molecule has 26 heavy (non-hydrogen) atoms. The van der Waals surface area contributed by atoms with Gasteiger partial charge in [-0.2, -0.15) is 0 Å². The van der Waals surface area contributed by atoms with E-state index >= 15 is 0 Å². The summed E-state index contributed by atoms with van der Waals surface area (Å²) in [5.74, 6) is -0.941. The predicted molar refractivity (Wildman–Crippen MR) is 92.3 cm³/mol. The highest BCUT2D eigenvalue weighted by molar-refractivity contribution is 5.75. The summed E-state index contributed by atoms with van der Waals surface area (Å²) in [7, 11) is 2.73. The first-order valence-corrected chi connectivity index (χ1v) is 7.80. The molecule has 1 aromatic carbocycles. The van der Waals surface area contributed by atoms with Crippen molar-refractivity contribution >= 4 is 11.9 Å². The molecule has 1 heterocycles. The molecule has 9 nitrogen and oxygen atoms in total. The van der Waals surface area contributed by atoms with Gasteiger partial charge in [-0.25, -0.2) is 0 Å². The van der Waals surface area contributed by atoms with Crippen LogP contribution in [0.5, 0.6) is 11.5 Å². The quantitative estimate of drug-likeness (QED) is 0.587. The molecular formula is C17H21N3O6. The van der Waals surface area contributed by atoms with E-state index in [1.54, 1.807) is 25.1 Å². The summed E-state index contributed by atoms with van der Waals surface area (Å²) in [6.07, 6.45) is -0.0249. The van der Waals surface area contributed by atoms with Crippen molar-refractivity contribution in [1.29, 1.82) is 0 Å². The van der Waals surface area contributed by atoms with Crippen LogP contribution in [0.4, 0.5) is 0 Å². The number of hydrogen-bond acceptors (Lipinski definition) is 6. The molecule has 2 rings (SSSR count). The lowest BCUT2D eigenvalue weighted by atomic mass is 9.88. The number of aromatic amines is 2. The molecule has 0 aliphatic rings. The summed E-state index contributed by atoms with van der Waals surface area (Å²) in [5, 5.41) is 5.27. The Morgan fingerprint density at radius 3 is 2.46 bits per heavy atom. The van der Waals surface area contributed by atoms with Crippen molar-refractivity contribution < 1.29 is 23.8 Å². The first-order valence-electron chi connectivity index (χ1n) is 7.80. The van der Waals surface area contributed by atoms with E-state index in [-0.39, 0.29) is 18.6 Å². The smallest absolute Gasteiger partial charge is 0.306 e. The highest BCUT2D eigenvalue weighted by atomic mass is 16.5. The number of H-pyrrole nitrogens is 2. The summed E-state index contributed by atoms with van der Waals surface area (Å²) in [4.78, 5) is 34.9. The average molecular weight is 363 g/mol. The van der Waals surface area contributed by atoms with E-state index in [0.717, 1.165) is 0 Å². The van der Waals surface area contributed by atoms with Crippen molar-refractivity contribution in [1.82, 2.24) is 10.2 Å². The summed E-state index contributed by atoms with van der Waals surface area (Å²) < 4.78 is 15.3. The molecule has 9 heteroatoms. The second-order valence-electron chi connectivity index (χ2n) is 5.62. The van der Waals surface area contributed by atoms with Crippen LogP contribution in [0.2, 0.25) is 0 Å². The van der Waals surface area contributed by atoms with Crippen molar-refractivity contribution in [2.75, 3.05) is 20.8 Å². The Hall–Kier alpha value is -3.23. The van der Waals surface area contributed by atoms with Crippen LogP contribution in [0.15, 0.2) is 23.0 Å². The van der Waals surface area contributed by atoms with E-state index in [9.17, 15) is 14.4 Å². The first-order chi connectivity index (χ1) is 12.4. The average Bonchev–Trinajstić information content (AvgIpc) is 2.96. The van der Waals surface area contributed by atoms with Crippen LogP contribution in [0.1, 0.15) is 29.2 Å². The number of esters is 1. The van der Waals surface area contributed by atoms with E-state index in [1.807, 2.05) is 0 Å². The monoisotopic (exact) mass is 363 g/mol. The van der Waals surface area contributed by atoms with Gasteiger partial charge >= 0.3 is 5.97 Å². The van der Waals surface area contributed by atoms with E-state index in [2.05, 4.69) is 10.2 Å². The van der Waals surface area contributed by atoms with Crippen molar-refractivity contribution in [3.63, 3.8) is 0 Å². The minimum atomic E-state index is -0.617. The van der Waals surface area contributed by atoms with E-state index in [0.29, 0.717) is 28.3 Å². The van der Waals surface area contributed by atoms with Gasteiger partial charge in [-0.1, -0.05) is 6.07 Å². The van der Waals surface area contributed by atoms with Crippen molar-refractivity contribution in [2.45, 2.75) is 19.3 Å². The third-order valence-corrected chi connectivity index (χ3v) is 3.92. The Labute approximate surface area is 149 Å².